The van der Waals surface area contributed by atoms with Crippen molar-refractivity contribution >= 4 is 39.5 Å². The minimum absolute atomic E-state index is 0.104. The summed E-state index contributed by atoms with van der Waals surface area (Å²) in [5.41, 5.74) is 0. The molecule has 0 aromatic carbocycles. The van der Waals surface area contributed by atoms with E-state index >= 15 is 0 Å². The third kappa shape index (κ3) is 59.5. The molecule has 0 rings (SSSR count). The topological polar surface area (TPSA) is 237 Å². The number of hydrogen-bond donors (Lipinski definition) is 3. The first-order valence-corrected chi connectivity index (χ1v) is 37.2. The molecule has 4 unspecified atom stereocenters. The molecule has 0 aliphatic rings. The average molecular weight is 1260 g/mol. The highest BCUT2D eigenvalue weighted by molar-refractivity contribution is 7.47. The largest absolute Gasteiger partial charge is 0.472 e. The van der Waals surface area contributed by atoms with Gasteiger partial charge in [0.05, 0.1) is 26.4 Å². The fourth-order valence-corrected chi connectivity index (χ4v) is 11.3. The van der Waals surface area contributed by atoms with Crippen molar-refractivity contribution in [2.24, 2.45) is 23.7 Å². The van der Waals surface area contributed by atoms with Crippen LogP contribution in [0.25, 0.3) is 0 Å². The van der Waals surface area contributed by atoms with Crippen LogP contribution in [-0.2, 0) is 65.4 Å². The zero-order valence-corrected chi connectivity index (χ0v) is 57.0. The highest BCUT2D eigenvalue weighted by Crippen LogP contribution is 2.45. The normalized spacial score (nSPS) is 14.7. The first kappa shape index (κ1) is 83.1. The third-order valence-corrected chi connectivity index (χ3v) is 17.3. The van der Waals surface area contributed by atoms with E-state index in [4.69, 9.17) is 37.0 Å². The molecule has 17 nitrogen and oxygen atoms in total. The van der Waals surface area contributed by atoms with E-state index in [1.807, 2.05) is 0 Å². The first-order valence-electron chi connectivity index (χ1n) is 34.2. The Morgan fingerprint density at radius 1 is 0.329 bits per heavy atom. The number of aliphatic hydroxyl groups excluding tert-OH is 1. The van der Waals surface area contributed by atoms with E-state index in [0.29, 0.717) is 31.6 Å². The monoisotopic (exact) mass is 1250 g/mol. The number of unbranched alkanes of at least 4 members (excludes halogenated alkanes) is 28. The van der Waals surface area contributed by atoms with Gasteiger partial charge in [-0.15, -0.1) is 0 Å². The van der Waals surface area contributed by atoms with Crippen LogP contribution < -0.4 is 0 Å². The van der Waals surface area contributed by atoms with Crippen molar-refractivity contribution in [1.29, 1.82) is 0 Å². The summed E-state index contributed by atoms with van der Waals surface area (Å²) in [4.78, 5) is 72.3. The molecule has 85 heavy (non-hydrogen) atoms. The van der Waals surface area contributed by atoms with Crippen LogP contribution in [0, 0.1) is 23.7 Å². The van der Waals surface area contributed by atoms with Crippen molar-refractivity contribution in [1.82, 2.24) is 0 Å². The molecule has 6 atom stereocenters. The van der Waals surface area contributed by atoms with Gasteiger partial charge in [0.1, 0.15) is 19.3 Å². The summed E-state index contributed by atoms with van der Waals surface area (Å²) in [6, 6.07) is 0. The lowest BCUT2D eigenvalue weighted by atomic mass is 9.99. The van der Waals surface area contributed by atoms with Gasteiger partial charge < -0.3 is 33.8 Å². The van der Waals surface area contributed by atoms with Crippen LogP contribution in [0.4, 0.5) is 0 Å². The van der Waals surface area contributed by atoms with Crippen molar-refractivity contribution in [3.63, 3.8) is 0 Å². The third-order valence-electron chi connectivity index (χ3n) is 15.4. The van der Waals surface area contributed by atoms with Crippen LogP contribution in [0.5, 0.6) is 0 Å². The van der Waals surface area contributed by atoms with Crippen molar-refractivity contribution in [3.05, 3.63) is 0 Å². The number of aliphatic hydroxyl groups is 1. The Balaban J connectivity index is 5.27. The summed E-state index contributed by atoms with van der Waals surface area (Å²) in [6.45, 7) is 14.0. The second kappa shape index (κ2) is 56.1. The molecular formula is C66H128O17P2. The molecule has 0 aliphatic heterocycles. The van der Waals surface area contributed by atoms with E-state index in [1.165, 1.54) is 116 Å². The number of phosphoric acid groups is 2. The maximum absolute atomic E-state index is 13.0. The van der Waals surface area contributed by atoms with Gasteiger partial charge in [-0.25, -0.2) is 9.13 Å². The lowest BCUT2D eigenvalue weighted by Crippen LogP contribution is -2.30. The number of phosphoric ester groups is 2. The maximum Gasteiger partial charge on any atom is 0.472 e. The highest BCUT2D eigenvalue weighted by atomic mass is 31.2. The molecular weight excluding hydrogens is 1130 g/mol. The Kier molecular flexibility index (Phi) is 54.8. The molecule has 504 valence electrons. The molecule has 0 aliphatic carbocycles. The number of ether oxygens (including phenoxy) is 4. The molecule has 0 fully saturated rings. The molecule has 0 amide bonds. The fourth-order valence-electron chi connectivity index (χ4n) is 9.75. The van der Waals surface area contributed by atoms with Gasteiger partial charge in [0.25, 0.3) is 0 Å². The van der Waals surface area contributed by atoms with Crippen molar-refractivity contribution in [2.75, 3.05) is 39.6 Å². The van der Waals surface area contributed by atoms with Gasteiger partial charge in [-0.2, -0.15) is 0 Å². The smallest absolute Gasteiger partial charge is 0.462 e. The van der Waals surface area contributed by atoms with Gasteiger partial charge in [-0.1, -0.05) is 267 Å². The van der Waals surface area contributed by atoms with Gasteiger partial charge in [-0.3, -0.25) is 37.3 Å². The number of carbonyl (C=O) groups is 4. The van der Waals surface area contributed by atoms with Crippen LogP contribution >= 0.6 is 15.6 Å². The van der Waals surface area contributed by atoms with Gasteiger partial charge in [0.2, 0.25) is 0 Å². The zero-order valence-electron chi connectivity index (χ0n) is 55.2. The van der Waals surface area contributed by atoms with Crippen molar-refractivity contribution in [3.8, 4) is 0 Å². The quantitative estimate of drug-likeness (QED) is 0.0222. The number of rotatable bonds is 63. The Bertz CT molecular complexity index is 1700. The number of esters is 4. The minimum Gasteiger partial charge on any atom is -0.462 e. The Morgan fingerprint density at radius 3 is 0.835 bits per heavy atom. The molecule has 0 saturated carbocycles. The van der Waals surface area contributed by atoms with E-state index in [1.54, 1.807) is 0 Å². The van der Waals surface area contributed by atoms with Gasteiger partial charge in [0.15, 0.2) is 12.2 Å². The molecule has 0 spiro atoms. The van der Waals surface area contributed by atoms with E-state index in [9.17, 15) is 43.2 Å². The predicted molar refractivity (Wildman–Crippen MR) is 340 cm³/mol. The van der Waals surface area contributed by atoms with Gasteiger partial charge in [0, 0.05) is 25.7 Å². The standard InChI is InChI=1S/C66H128O17P2/c1-9-59(8)45-37-29-21-14-16-24-33-41-49-66(71)83-61(52-76-63(68)46-38-30-22-15-13-19-27-35-43-57(4)5)54-80-84(72,73)78-50-60(67)51-79-85(74,75)81-55-62(53-77-64(69)47-39-31-25-17-20-28-36-44-58(6)7)82-65(70)48-40-32-23-12-10-11-18-26-34-42-56(2)3/h56-62,67H,9-55H2,1-8H3,(H,72,73)(H,74,75)/t59?,60?,61-,62-/m1/s1. The molecule has 0 aromatic heterocycles. The average Bonchev–Trinajstić information content (AvgIpc) is 3.56. The van der Waals surface area contributed by atoms with E-state index < -0.39 is 97.5 Å². The van der Waals surface area contributed by atoms with E-state index in [0.717, 1.165) is 114 Å². The fraction of sp³-hybridized carbons (Fsp3) is 0.939. The van der Waals surface area contributed by atoms with Crippen LogP contribution in [0.2, 0.25) is 0 Å². The Labute approximate surface area is 517 Å². The molecule has 0 radical (unpaired) electrons. The summed E-state index contributed by atoms with van der Waals surface area (Å²) in [5, 5.41) is 10.6. The zero-order chi connectivity index (χ0) is 63.2. The molecule has 0 heterocycles. The summed E-state index contributed by atoms with van der Waals surface area (Å²) in [7, 11) is -9.89. The van der Waals surface area contributed by atoms with E-state index in [2.05, 4.69) is 55.4 Å². The van der Waals surface area contributed by atoms with Crippen molar-refractivity contribution < 1.29 is 80.2 Å². The molecule has 0 saturated heterocycles. The lowest BCUT2D eigenvalue weighted by molar-refractivity contribution is -0.161. The maximum atomic E-state index is 13.0. The molecule has 0 aromatic rings. The van der Waals surface area contributed by atoms with E-state index in [-0.39, 0.29) is 25.7 Å². The second-order valence-corrected chi connectivity index (χ2v) is 28.4. The second-order valence-electron chi connectivity index (χ2n) is 25.5. The van der Waals surface area contributed by atoms with Gasteiger partial charge >= 0.3 is 39.5 Å². The van der Waals surface area contributed by atoms with Crippen LogP contribution in [-0.4, -0.2) is 96.7 Å². The van der Waals surface area contributed by atoms with Crippen molar-refractivity contribution in [2.45, 2.75) is 337 Å². The first-order chi connectivity index (χ1) is 40.6. The summed E-state index contributed by atoms with van der Waals surface area (Å²) < 4.78 is 68.1. The summed E-state index contributed by atoms with van der Waals surface area (Å²) in [6.07, 6.45) is 36.3. The molecule has 3 N–H and O–H groups in total. The summed E-state index contributed by atoms with van der Waals surface area (Å²) in [5.74, 6) is 0.800. The Morgan fingerprint density at radius 2 is 0.565 bits per heavy atom. The Hall–Kier alpha value is -1.94. The summed E-state index contributed by atoms with van der Waals surface area (Å²) >= 11 is 0. The lowest BCUT2D eigenvalue weighted by Gasteiger charge is -2.21. The SMILES string of the molecule is CCC(C)CCCCCCCCCCC(=O)O[C@H](COC(=O)CCCCCCCCCCC(C)C)COP(=O)(O)OCC(O)COP(=O)(O)OC[C@@H](COC(=O)CCCCCCCCCC(C)C)OC(=O)CCCCCCCCCCCC(C)C. The van der Waals surface area contributed by atoms with Crippen LogP contribution in [0.1, 0.15) is 319 Å². The number of hydrogen-bond acceptors (Lipinski definition) is 15. The molecule has 0 bridgehead atoms. The molecule has 19 heteroatoms. The number of carbonyl (C=O) groups excluding carboxylic acids is 4. The minimum atomic E-state index is -4.95. The highest BCUT2D eigenvalue weighted by Gasteiger charge is 2.30. The van der Waals surface area contributed by atoms with Gasteiger partial charge in [-0.05, 0) is 49.4 Å². The predicted octanol–water partition coefficient (Wildman–Crippen LogP) is 18.1. The van der Waals surface area contributed by atoms with Crippen LogP contribution in [0.15, 0.2) is 0 Å². The van der Waals surface area contributed by atoms with Crippen LogP contribution in [0.3, 0.4) is 0 Å².